The third-order valence-corrected chi connectivity index (χ3v) is 7.21. The summed E-state index contributed by atoms with van der Waals surface area (Å²) in [7, 11) is 0. The number of carbonyl (C=O) groups excluding carboxylic acids is 1. The van der Waals surface area contributed by atoms with Crippen molar-refractivity contribution < 1.29 is 4.79 Å². The van der Waals surface area contributed by atoms with Crippen molar-refractivity contribution in [3.05, 3.63) is 29.3 Å². The van der Waals surface area contributed by atoms with Gasteiger partial charge in [0.1, 0.15) is 0 Å². The van der Waals surface area contributed by atoms with Crippen LogP contribution in [0, 0.1) is 0 Å². The molecule has 196 valence electrons. The lowest BCUT2D eigenvalue weighted by Gasteiger charge is -2.15. The largest absolute Gasteiger partial charge is 0.317 e. The minimum atomic E-state index is -0.264. The van der Waals surface area contributed by atoms with Gasteiger partial charge in [-0.2, -0.15) is 0 Å². The van der Waals surface area contributed by atoms with E-state index in [4.69, 9.17) is 0 Å². The normalized spacial score (nSPS) is 11.1. The Morgan fingerprint density at radius 1 is 0.618 bits per heavy atom. The molecule has 0 aromatic heterocycles. The average Bonchev–Trinajstić information content (AvgIpc) is 2.82. The topological polar surface area (TPSA) is 29.1 Å². The summed E-state index contributed by atoms with van der Waals surface area (Å²) in [6.45, 7) is 4.56. The molecule has 0 heterocycles. The second-order valence-corrected chi connectivity index (χ2v) is 10.6. The van der Waals surface area contributed by atoms with Crippen LogP contribution in [0.5, 0.6) is 0 Å². The lowest BCUT2D eigenvalue weighted by atomic mass is 9.94. The van der Waals surface area contributed by atoms with Gasteiger partial charge >= 0.3 is 0 Å². The van der Waals surface area contributed by atoms with E-state index in [0.29, 0.717) is 0 Å². The lowest BCUT2D eigenvalue weighted by molar-refractivity contribution is 0.270. The van der Waals surface area contributed by atoms with Gasteiger partial charge in [-0.05, 0) is 42.9 Å². The number of thiol groups is 1. The molecule has 0 fully saturated rings. The van der Waals surface area contributed by atoms with Crippen molar-refractivity contribution in [2.24, 2.45) is 0 Å². The molecule has 1 rings (SSSR count). The monoisotopic (exact) mass is 489 g/mol. The molecule has 0 aliphatic rings. The van der Waals surface area contributed by atoms with E-state index < -0.39 is 0 Å². The quantitative estimate of drug-likeness (QED) is 0.116. The van der Waals surface area contributed by atoms with Crippen molar-refractivity contribution >= 4 is 23.6 Å². The van der Waals surface area contributed by atoms with Crippen LogP contribution in [-0.4, -0.2) is 5.24 Å². The zero-order valence-corrected chi connectivity index (χ0v) is 23.5. The highest BCUT2D eigenvalue weighted by molar-refractivity contribution is 7.96. The number of aryl methyl sites for hydroxylation is 1. The van der Waals surface area contributed by atoms with Crippen LogP contribution in [-0.2, 0) is 12.8 Å². The van der Waals surface area contributed by atoms with Gasteiger partial charge in [0.15, 0.2) is 0 Å². The number of hydrogen-bond donors (Lipinski definition) is 2. The van der Waals surface area contributed by atoms with Gasteiger partial charge in [-0.25, -0.2) is 0 Å². The second kappa shape index (κ2) is 22.5. The maximum absolute atomic E-state index is 11.6. The molecule has 0 aliphatic carbocycles. The highest BCUT2D eigenvalue weighted by Gasteiger charge is 2.10. The highest BCUT2D eigenvalue weighted by Crippen LogP contribution is 2.25. The molecule has 0 saturated carbocycles. The van der Waals surface area contributed by atoms with E-state index >= 15 is 0 Å². The van der Waals surface area contributed by atoms with Crippen LogP contribution in [0.2, 0.25) is 0 Å². The molecule has 1 amide bonds. The summed E-state index contributed by atoms with van der Waals surface area (Å²) in [5.74, 6) is 0. The summed E-state index contributed by atoms with van der Waals surface area (Å²) >= 11 is 3.96. The van der Waals surface area contributed by atoms with Crippen LogP contribution in [0.3, 0.4) is 0 Å². The molecular weight excluding hydrogens is 434 g/mol. The summed E-state index contributed by atoms with van der Waals surface area (Å²) in [6.07, 6.45) is 29.4. The number of anilines is 1. The number of unbranched alkanes of at least 4 members (excludes halogenated alkanes) is 18. The fourth-order valence-corrected chi connectivity index (χ4v) is 5.11. The Labute approximate surface area is 217 Å². The molecule has 0 bridgehead atoms. The van der Waals surface area contributed by atoms with E-state index in [0.717, 1.165) is 18.5 Å². The van der Waals surface area contributed by atoms with Crippen molar-refractivity contribution in [1.29, 1.82) is 0 Å². The maximum Gasteiger partial charge on any atom is 0.280 e. The van der Waals surface area contributed by atoms with Gasteiger partial charge in [-0.15, -0.1) is 0 Å². The number of hydrogen-bond acceptors (Lipinski definition) is 1. The van der Waals surface area contributed by atoms with E-state index in [1.807, 2.05) is 6.07 Å². The van der Waals surface area contributed by atoms with Crippen LogP contribution in [0.4, 0.5) is 10.5 Å². The van der Waals surface area contributed by atoms with Crippen LogP contribution in [0.1, 0.15) is 153 Å². The minimum Gasteiger partial charge on any atom is -0.317 e. The lowest BCUT2D eigenvalue weighted by Crippen LogP contribution is -2.07. The van der Waals surface area contributed by atoms with Crippen molar-refractivity contribution in [2.45, 2.75) is 155 Å². The fraction of sp³-hybridized carbons (Fsp3) is 0.774. The first-order valence-corrected chi connectivity index (χ1v) is 15.2. The average molecular weight is 490 g/mol. The van der Waals surface area contributed by atoms with Crippen molar-refractivity contribution in [1.82, 2.24) is 0 Å². The third-order valence-electron chi connectivity index (χ3n) is 7.09. The number of rotatable bonds is 23. The molecule has 0 atom stereocenters. The van der Waals surface area contributed by atoms with Crippen molar-refractivity contribution in [2.75, 3.05) is 5.32 Å². The van der Waals surface area contributed by atoms with Crippen molar-refractivity contribution in [3.8, 4) is 0 Å². The fourth-order valence-electron chi connectivity index (χ4n) is 4.99. The highest BCUT2D eigenvalue weighted by atomic mass is 32.1. The first-order chi connectivity index (χ1) is 16.7. The summed E-state index contributed by atoms with van der Waals surface area (Å²) in [5.41, 5.74) is 3.75. The summed E-state index contributed by atoms with van der Waals surface area (Å²) in [5, 5.41) is 2.70. The van der Waals surface area contributed by atoms with Crippen LogP contribution in [0.15, 0.2) is 18.2 Å². The molecule has 0 aliphatic heterocycles. The van der Waals surface area contributed by atoms with E-state index in [1.54, 1.807) is 0 Å². The smallest absolute Gasteiger partial charge is 0.280 e. The van der Waals surface area contributed by atoms with Crippen LogP contribution < -0.4 is 5.32 Å². The number of carbonyl (C=O) groups is 1. The Kier molecular flexibility index (Phi) is 20.6. The molecule has 0 saturated heterocycles. The van der Waals surface area contributed by atoms with Crippen LogP contribution in [0.25, 0.3) is 0 Å². The summed E-state index contributed by atoms with van der Waals surface area (Å²) < 4.78 is 0. The van der Waals surface area contributed by atoms with Gasteiger partial charge in [-0.3, -0.25) is 4.79 Å². The predicted molar refractivity (Wildman–Crippen MR) is 156 cm³/mol. The molecule has 1 aromatic rings. The molecule has 34 heavy (non-hydrogen) atoms. The zero-order valence-electron chi connectivity index (χ0n) is 22.6. The van der Waals surface area contributed by atoms with E-state index in [-0.39, 0.29) is 5.24 Å². The number of nitrogens with one attached hydrogen (secondary N) is 1. The molecule has 1 aromatic carbocycles. The third kappa shape index (κ3) is 16.6. The van der Waals surface area contributed by atoms with Crippen LogP contribution >= 0.6 is 12.6 Å². The van der Waals surface area contributed by atoms with Gasteiger partial charge in [0.2, 0.25) is 0 Å². The maximum atomic E-state index is 11.6. The first-order valence-electron chi connectivity index (χ1n) is 14.8. The SMILES string of the molecule is CCCCCCCCCCCCc1cccc(NC(=O)S)c1CCCCCCCCCCCC. The molecule has 3 heteroatoms. The van der Waals surface area contributed by atoms with Gasteiger partial charge in [-0.1, -0.05) is 154 Å². The molecule has 0 spiro atoms. The Morgan fingerprint density at radius 3 is 1.47 bits per heavy atom. The zero-order chi connectivity index (χ0) is 24.7. The van der Waals surface area contributed by atoms with Gasteiger partial charge in [0.25, 0.3) is 5.24 Å². The Bertz CT molecular complexity index is 615. The van der Waals surface area contributed by atoms with E-state index in [2.05, 4.69) is 43.9 Å². The van der Waals surface area contributed by atoms with Gasteiger partial charge < -0.3 is 5.32 Å². The minimum absolute atomic E-state index is 0.264. The Morgan fingerprint density at radius 2 is 1.03 bits per heavy atom. The molecule has 1 N–H and O–H groups in total. The van der Waals surface area contributed by atoms with Crippen molar-refractivity contribution in [3.63, 3.8) is 0 Å². The van der Waals surface area contributed by atoms with Gasteiger partial charge in [0, 0.05) is 5.69 Å². The summed E-state index contributed by atoms with van der Waals surface area (Å²) in [4.78, 5) is 11.6. The molecular formula is C31H55NOS. The molecule has 2 nitrogen and oxygen atoms in total. The Hall–Kier alpha value is -0.960. The number of amides is 1. The second-order valence-electron chi connectivity index (χ2n) is 10.2. The number of benzene rings is 1. The van der Waals surface area contributed by atoms with Gasteiger partial charge in [0.05, 0.1) is 0 Å². The van der Waals surface area contributed by atoms with E-state index in [1.165, 1.54) is 140 Å². The molecule has 0 unspecified atom stereocenters. The standard InChI is InChI=1S/C31H55NOS/c1-3-5-7-9-11-13-15-17-19-21-24-28-25-23-27-30(32-31(33)34)29(28)26-22-20-18-16-14-12-10-8-6-4-2/h23,25,27H,3-22,24,26H2,1-2H3,(H2,32,33,34). The predicted octanol–water partition coefficient (Wildman–Crippen LogP) is 11.1. The van der Waals surface area contributed by atoms with E-state index in [9.17, 15) is 4.79 Å². The summed E-state index contributed by atoms with van der Waals surface area (Å²) in [6, 6.07) is 6.40. The first kappa shape index (κ1) is 31.1. The Balaban J connectivity index is 2.33. The molecule has 0 radical (unpaired) electrons.